The van der Waals surface area contributed by atoms with Crippen LogP contribution in [-0.4, -0.2) is 18.3 Å². The van der Waals surface area contributed by atoms with E-state index in [1.807, 2.05) is 54.6 Å². The second-order valence-electron chi connectivity index (χ2n) is 5.10. The van der Waals surface area contributed by atoms with Crippen LogP contribution in [0.5, 0.6) is 5.75 Å². The van der Waals surface area contributed by atoms with Crippen LogP contribution < -0.4 is 4.74 Å². The quantitative estimate of drug-likeness (QED) is 0.617. The Balaban J connectivity index is 1.91. The summed E-state index contributed by atoms with van der Waals surface area (Å²) < 4.78 is 5.84. The molecule has 2 aromatic rings. The summed E-state index contributed by atoms with van der Waals surface area (Å²) in [4.78, 5) is 0. The number of para-hydroxylation sites is 1. The van der Waals surface area contributed by atoms with Crippen LogP contribution in [0.2, 0.25) is 0 Å². The minimum atomic E-state index is 0.277. The van der Waals surface area contributed by atoms with E-state index in [0.717, 1.165) is 42.6 Å². The van der Waals surface area contributed by atoms with Gasteiger partial charge in [0.15, 0.2) is 0 Å². The molecule has 2 heteroatoms. The van der Waals surface area contributed by atoms with Gasteiger partial charge in [-0.15, -0.1) is 0 Å². The Kier molecular flexibility index (Phi) is 7.08. The monoisotopic (exact) mass is 294 g/mol. The van der Waals surface area contributed by atoms with Crippen LogP contribution in [0.3, 0.4) is 0 Å². The number of hydrogen-bond acceptors (Lipinski definition) is 2. The smallest absolute Gasteiger partial charge is 0.134 e. The van der Waals surface area contributed by atoms with Crippen LogP contribution in [0.15, 0.2) is 54.6 Å². The van der Waals surface area contributed by atoms with Crippen molar-refractivity contribution in [2.75, 3.05) is 13.2 Å². The summed E-state index contributed by atoms with van der Waals surface area (Å²) in [5, 5.41) is 8.74. The van der Waals surface area contributed by atoms with Gasteiger partial charge in [-0.1, -0.05) is 48.6 Å². The highest BCUT2D eigenvalue weighted by molar-refractivity contribution is 5.49. The molecule has 1 N–H and O–H groups in total. The summed E-state index contributed by atoms with van der Waals surface area (Å²) in [5.74, 6) is 7.19. The van der Waals surface area contributed by atoms with Gasteiger partial charge in [0, 0.05) is 12.2 Å². The molecule has 0 heterocycles. The fraction of sp³-hybridized carbons (Fsp3) is 0.300. The molecule has 2 aromatic carbocycles. The standard InChI is InChI=1S/C20H22O2/c21-16-8-1-2-9-17-22-20-13-7-6-12-19(20)15-14-18-10-4-3-5-11-18/h3-7,10-13,21H,1-2,8-9,16-17H2. The molecular weight excluding hydrogens is 272 g/mol. The molecule has 0 aromatic heterocycles. The topological polar surface area (TPSA) is 29.5 Å². The van der Waals surface area contributed by atoms with Gasteiger partial charge in [0.25, 0.3) is 0 Å². The van der Waals surface area contributed by atoms with Gasteiger partial charge in [0.05, 0.1) is 12.2 Å². The van der Waals surface area contributed by atoms with Gasteiger partial charge in [-0.2, -0.15) is 0 Å². The van der Waals surface area contributed by atoms with Crippen molar-refractivity contribution in [3.63, 3.8) is 0 Å². The Bertz CT molecular complexity index is 608. The first kappa shape index (κ1) is 16.1. The van der Waals surface area contributed by atoms with E-state index in [-0.39, 0.29) is 6.61 Å². The molecule has 0 spiro atoms. The van der Waals surface area contributed by atoms with Crippen LogP contribution in [0.4, 0.5) is 0 Å². The van der Waals surface area contributed by atoms with Crippen LogP contribution in [-0.2, 0) is 0 Å². The molecule has 0 fully saturated rings. The highest BCUT2D eigenvalue weighted by Crippen LogP contribution is 2.17. The molecule has 0 saturated heterocycles. The van der Waals surface area contributed by atoms with Crippen molar-refractivity contribution in [3.05, 3.63) is 65.7 Å². The van der Waals surface area contributed by atoms with Gasteiger partial charge >= 0.3 is 0 Å². The first-order valence-electron chi connectivity index (χ1n) is 7.80. The SMILES string of the molecule is OCCCCCCOc1ccccc1C#Cc1ccccc1. The highest BCUT2D eigenvalue weighted by atomic mass is 16.5. The number of rotatable bonds is 7. The van der Waals surface area contributed by atoms with Crippen molar-refractivity contribution in [2.45, 2.75) is 25.7 Å². The fourth-order valence-electron chi connectivity index (χ4n) is 2.11. The number of aliphatic hydroxyl groups is 1. The summed E-state index contributed by atoms with van der Waals surface area (Å²) in [6, 6.07) is 17.8. The largest absolute Gasteiger partial charge is 0.492 e. The average molecular weight is 294 g/mol. The third-order valence-electron chi connectivity index (χ3n) is 3.31. The van der Waals surface area contributed by atoms with Crippen molar-refractivity contribution in [3.8, 4) is 17.6 Å². The molecule has 2 nitrogen and oxygen atoms in total. The summed E-state index contributed by atoms with van der Waals surface area (Å²) in [5.41, 5.74) is 1.92. The minimum absolute atomic E-state index is 0.277. The van der Waals surface area contributed by atoms with E-state index >= 15 is 0 Å². The second kappa shape index (κ2) is 9.65. The van der Waals surface area contributed by atoms with Crippen molar-refractivity contribution in [1.82, 2.24) is 0 Å². The summed E-state index contributed by atoms with van der Waals surface area (Å²) in [6.07, 6.45) is 4.01. The Morgan fingerprint density at radius 2 is 1.50 bits per heavy atom. The van der Waals surface area contributed by atoms with Gasteiger partial charge in [0.2, 0.25) is 0 Å². The highest BCUT2D eigenvalue weighted by Gasteiger charge is 2.00. The third kappa shape index (κ3) is 5.63. The molecule has 0 radical (unpaired) electrons. The van der Waals surface area contributed by atoms with E-state index in [0.29, 0.717) is 6.61 Å². The first-order chi connectivity index (χ1) is 10.9. The van der Waals surface area contributed by atoms with E-state index < -0.39 is 0 Å². The average Bonchev–Trinajstić information content (AvgIpc) is 2.58. The summed E-state index contributed by atoms with van der Waals surface area (Å²) in [7, 11) is 0. The zero-order chi connectivity index (χ0) is 15.5. The van der Waals surface area contributed by atoms with Gasteiger partial charge in [-0.25, -0.2) is 0 Å². The predicted molar refractivity (Wildman–Crippen MR) is 89.9 cm³/mol. The molecule has 0 bridgehead atoms. The lowest BCUT2D eigenvalue weighted by Crippen LogP contribution is -1.99. The van der Waals surface area contributed by atoms with Crippen molar-refractivity contribution in [2.24, 2.45) is 0 Å². The normalized spacial score (nSPS) is 9.86. The van der Waals surface area contributed by atoms with Crippen molar-refractivity contribution < 1.29 is 9.84 Å². The minimum Gasteiger partial charge on any atom is -0.492 e. The van der Waals surface area contributed by atoms with E-state index in [4.69, 9.17) is 9.84 Å². The third-order valence-corrected chi connectivity index (χ3v) is 3.31. The van der Waals surface area contributed by atoms with Crippen molar-refractivity contribution >= 4 is 0 Å². The van der Waals surface area contributed by atoms with Gasteiger partial charge in [-0.3, -0.25) is 0 Å². The van der Waals surface area contributed by atoms with Gasteiger partial charge < -0.3 is 9.84 Å². The molecule has 22 heavy (non-hydrogen) atoms. The zero-order valence-corrected chi connectivity index (χ0v) is 12.8. The molecule has 0 aliphatic rings. The second-order valence-corrected chi connectivity index (χ2v) is 5.10. The van der Waals surface area contributed by atoms with Crippen molar-refractivity contribution in [1.29, 1.82) is 0 Å². The number of hydrogen-bond donors (Lipinski definition) is 1. The fourth-order valence-corrected chi connectivity index (χ4v) is 2.11. The van der Waals surface area contributed by atoms with Crippen LogP contribution in [0, 0.1) is 11.8 Å². The maximum absolute atomic E-state index is 8.74. The van der Waals surface area contributed by atoms with Gasteiger partial charge in [0.1, 0.15) is 5.75 Å². The lowest BCUT2D eigenvalue weighted by molar-refractivity contribution is 0.273. The number of benzene rings is 2. The molecule has 0 amide bonds. The molecule has 0 aliphatic heterocycles. The number of aliphatic hydroxyl groups excluding tert-OH is 1. The maximum Gasteiger partial charge on any atom is 0.134 e. The van der Waals surface area contributed by atoms with Crippen LogP contribution >= 0.6 is 0 Å². The molecule has 0 unspecified atom stereocenters. The van der Waals surface area contributed by atoms with Crippen LogP contribution in [0.25, 0.3) is 0 Å². The van der Waals surface area contributed by atoms with E-state index in [1.54, 1.807) is 0 Å². The Hall–Kier alpha value is -2.24. The molecule has 2 rings (SSSR count). The predicted octanol–water partition coefficient (Wildman–Crippen LogP) is 4.02. The maximum atomic E-state index is 8.74. The summed E-state index contributed by atoms with van der Waals surface area (Å²) in [6.45, 7) is 0.966. The zero-order valence-electron chi connectivity index (χ0n) is 12.8. The Morgan fingerprint density at radius 1 is 0.773 bits per heavy atom. The first-order valence-corrected chi connectivity index (χ1v) is 7.80. The number of ether oxygens (including phenoxy) is 1. The van der Waals surface area contributed by atoms with E-state index in [1.165, 1.54) is 0 Å². The number of unbranched alkanes of at least 4 members (excludes halogenated alkanes) is 3. The van der Waals surface area contributed by atoms with E-state index in [2.05, 4.69) is 11.8 Å². The molecule has 0 saturated carbocycles. The molecule has 0 aliphatic carbocycles. The Morgan fingerprint density at radius 3 is 2.32 bits per heavy atom. The lowest BCUT2D eigenvalue weighted by atomic mass is 10.1. The summed E-state index contributed by atoms with van der Waals surface area (Å²) >= 11 is 0. The van der Waals surface area contributed by atoms with Gasteiger partial charge in [-0.05, 0) is 43.5 Å². The molecule has 0 atom stereocenters. The Labute approximate surface area is 132 Å². The van der Waals surface area contributed by atoms with E-state index in [9.17, 15) is 0 Å². The van der Waals surface area contributed by atoms with Crippen LogP contribution in [0.1, 0.15) is 36.8 Å². The lowest BCUT2D eigenvalue weighted by Gasteiger charge is -2.07. The molecule has 114 valence electrons. The molecular formula is C20H22O2.